The molecule has 2 atom stereocenters. The number of nitrogens with zero attached hydrogens (tertiary/aromatic N) is 4. The smallest absolute Gasteiger partial charge is 0.228 e. The summed E-state index contributed by atoms with van der Waals surface area (Å²) < 4.78 is 5.36. The Morgan fingerprint density at radius 3 is 3.00 bits per heavy atom. The molecular weight excluding hydrogens is 376 g/mol. The molecule has 4 rings (SSSR count). The number of hydrogen-bond acceptors (Lipinski definition) is 5. The predicted molar refractivity (Wildman–Crippen MR) is 111 cm³/mol. The summed E-state index contributed by atoms with van der Waals surface area (Å²) in [6.45, 7) is 4.09. The number of rotatable bonds is 6. The Morgan fingerprint density at radius 2 is 2.25 bits per heavy atom. The molecule has 1 saturated heterocycles. The SMILES string of the molecule is CN=C(NCCc1nc(-c2cccc(Cl)c2)no1)NC1CC(C)N(C2CC2)C1. The molecule has 0 spiro atoms. The molecule has 0 radical (unpaired) electrons. The second-order valence-corrected chi connectivity index (χ2v) is 8.06. The molecule has 2 unspecified atom stereocenters. The molecule has 1 aromatic carbocycles. The molecule has 28 heavy (non-hydrogen) atoms. The van der Waals surface area contributed by atoms with Gasteiger partial charge in [0.15, 0.2) is 5.96 Å². The second-order valence-electron chi connectivity index (χ2n) is 7.63. The van der Waals surface area contributed by atoms with Crippen LogP contribution in [0.2, 0.25) is 5.02 Å². The van der Waals surface area contributed by atoms with Crippen LogP contribution in [0.1, 0.15) is 32.1 Å². The number of hydrogen-bond donors (Lipinski definition) is 2. The highest BCUT2D eigenvalue weighted by atomic mass is 35.5. The van der Waals surface area contributed by atoms with Gasteiger partial charge in [0.2, 0.25) is 11.7 Å². The summed E-state index contributed by atoms with van der Waals surface area (Å²) in [7, 11) is 1.80. The lowest BCUT2D eigenvalue weighted by atomic mass is 10.2. The van der Waals surface area contributed by atoms with Crippen molar-refractivity contribution in [2.24, 2.45) is 4.99 Å². The van der Waals surface area contributed by atoms with Gasteiger partial charge in [-0.2, -0.15) is 4.98 Å². The molecule has 0 bridgehead atoms. The number of guanidine groups is 1. The van der Waals surface area contributed by atoms with Gasteiger partial charge in [-0.15, -0.1) is 0 Å². The molecule has 2 aliphatic rings. The zero-order chi connectivity index (χ0) is 19.5. The third-order valence-corrected chi connectivity index (χ3v) is 5.62. The van der Waals surface area contributed by atoms with E-state index in [1.807, 2.05) is 24.3 Å². The van der Waals surface area contributed by atoms with E-state index in [1.54, 1.807) is 7.05 Å². The van der Waals surface area contributed by atoms with E-state index < -0.39 is 0 Å². The lowest BCUT2D eigenvalue weighted by molar-refractivity contribution is 0.256. The lowest BCUT2D eigenvalue weighted by Gasteiger charge is -2.20. The van der Waals surface area contributed by atoms with Crippen LogP contribution in [0.15, 0.2) is 33.8 Å². The molecule has 1 saturated carbocycles. The first-order valence-corrected chi connectivity index (χ1v) is 10.3. The fourth-order valence-corrected chi connectivity index (χ4v) is 4.04. The Bertz CT molecular complexity index is 834. The summed E-state index contributed by atoms with van der Waals surface area (Å²) >= 11 is 6.03. The van der Waals surface area contributed by atoms with Crippen LogP contribution in [0, 0.1) is 0 Å². The van der Waals surface area contributed by atoms with Gasteiger partial charge in [0.05, 0.1) is 0 Å². The maximum atomic E-state index is 6.03. The highest BCUT2D eigenvalue weighted by Gasteiger charge is 2.38. The van der Waals surface area contributed by atoms with E-state index in [2.05, 4.69) is 37.6 Å². The fourth-order valence-electron chi connectivity index (χ4n) is 3.85. The monoisotopic (exact) mass is 402 g/mol. The minimum atomic E-state index is 0.444. The summed E-state index contributed by atoms with van der Waals surface area (Å²) in [5.41, 5.74) is 0.850. The average molecular weight is 403 g/mol. The van der Waals surface area contributed by atoms with Crippen LogP contribution in [-0.2, 0) is 6.42 Å². The van der Waals surface area contributed by atoms with Crippen molar-refractivity contribution in [1.29, 1.82) is 0 Å². The topological polar surface area (TPSA) is 78.6 Å². The maximum absolute atomic E-state index is 6.03. The summed E-state index contributed by atoms with van der Waals surface area (Å²) in [5.74, 6) is 1.97. The predicted octanol–water partition coefficient (Wildman–Crippen LogP) is 2.72. The summed E-state index contributed by atoms with van der Waals surface area (Å²) in [5, 5.41) is 11.6. The van der Waals surface area contributed by atoms with E-state index in [9.17, 15) is 0 Å². The van der Waals surface area contributed by atoms with E-state index in [-0.39, 0.29) is 0 Å². The van der Waals surface area contributed by atoms with Crippen molar-refractivity contribution in [3.05, 3.63) is 35.2 Å². The van der Waals surface area contributed by atoms with Gasteiger partial charge in [-0.05, 0) is 38.3 Å². The van der Waals surface area contributed by atoms with Gasteiger partial charge < -0.3 is 15.2 Å². The van der Waals surface area contributed by atoms with Crippen molar-refractivity contribution in [2.45, 2.75) is 50.7 Å². The molecule has 1 aliphatic heterocycles. The molecule has 2 N–H and O–H groups in total. The van der Waals surface area contributed by atoms with Gasteiger partial charge >= 0.3 is 0 Å². The Hall–Kier alpha value is -2.12. The van der Waals surface area contributed by atoms with Crippen molar-refractivity contribution in [1.82, 2.24) is 25.7 Å². The zero-order valence-electron chi connectivity index (χ0n) is 16.4. The van der Waals surface area contributed by atoms with Gasteiger partial charge in [0.1, 0.15) is 0 Å². The molecule has 7 nitrogen and oxygen atoms in total. The largest absolute Gasteiger partial charge is 0.356 e. The summed E-state index contributed by atoms with van der Waals surface area (Å²) in [6.07, 6.45) is 4.49. The Kier molecular flexibility index (Phi) is 5.82. The number of benzene rings is 1. The van der Waals surface area contributed by atoms with E-state index in [1.165, 1.54) is 12.8 Å². The molecular formula is C20H27ClN6O. The van der Waals surface area contributed by atoms with Crippen LogP contribution in [0.5, 0.6) is 0 Å². The minimum absolute atomic E-state index is 0.444. The molecule has 0 amide bonds. The van der Waals surface area contributed by atoms with Gasteiger partial charge in [-0.1, -0.05) is 28.9 Å². The van der Waals surface area contributed by atoms with E-state index in [0.29, 0.717) is 41.8 Å². The first-order chi connectivity index (χ1) is 13.6. The van der Waals surface area contributed by atoms with Gasteiger partial charge in [0, 0.05) is 55.3 Å². The highest BCUT2D eigenvalue weighted by molar-refractivity contribution is 6.30. The van der Waals surface area contributed by atoms with Crippen molar-refractivity contribution in [3.8, 4) is 11.4 Å². The van der Waals surface area contributed by atoms with E-state index in [4.69, 9.17) is 16.1 Å². The summed E-state index contributed by atoms with van der Waals surface area (Å²) in [4.78, 5) is 11.4. The maximum Gasteiger partial charge on any atom is 0.228 e. The third-order valence-electron chi connectivity index (χ3n) is 5.39. The quantitative estimate of drug-likeness (QED) is 0.571. The molecule has 150 valence electrons. The molecule has 1 aromatic heterocycles. The van der Waals surface area contributed by atoms with Crippen LogP contribution in [0.25, 0.3) is 11.4 Å². The minimum Gasteiger partial charge on any atom is -0.356 e. The van der Waals surface area contributed by atoms with Crippen LogP contribution >= 0.6 is 11.6 Å². The first-order valence-electron chi connectivity index (χ1n) is 9.94. The van der Waals surface area contributed by atoms with Crippen LogP contribution in [0.3, 0.4) is 0 Å². The zero-order valence-corrected chi connectivity index (χ0v) is 17.1. The molecule has 2 fully saturated rings. The fraction of sp³-hybridized carbons (Fsp3) is 0.550. The van der Waals surface area contributed by atoms with Crippen molar-refractivity contribution in [3.63, 3.8) is 0 Å². The molecule has 2 aromatic rings. The Morgan fingerprint density at radius 1 is 1.39 bits per heavy atom. The number of nitrogens with one attached hydrogen (secondary N) is 2. The van der Waals surface area contributed by atoms with Crippen LogP contribution < -0.4 is 10.6 Å². The number of aromatic nitrogens is 2. The van der Waals surface area contributed by atoms with Crippen molar-refractivity contribution < 1.29 is 4.52 Å². The van der Waals surface area contributed by atoms with E-state index >= 15 is 0 Å². The lowest BCUT2D eigenvalue weighted by Crippen LogP contribution is -2.45. The number of likely N-dealkylation sites (tertiary alicyclic amines) is 1. The van der Waals surface area contributed by atoms with Gasteiger partial charge in [-0.3, -0.25) is 9.89 Å². The first kappa shape index (κ1) is 19.2. The van der Waals surface area contributed by atoms with Crippen LogP contribution in [0.4, 0.5) is 0 Å². The Labute approximate surface area is 170 Å². The molecule has 8 heteroatoms. The van der Waals surface area contributed by atoms with E-state index in [0.717, 1.165) is 30.5 Å². The highest BCUT2D eigenvalue weighted by Crippen LogP contribution is 2.33. The molecule has 1 aliphatic carbocycles. The Balaban J connectivity index is 1.25. The standard InChI is InChI=1S/C20H27ClN6O/c1-13-10-16(12-27(13)17-6-7-17)24-20(22-2)23-9-8-18-25-19(26-28-18)14-4-3-5-15(21)11-14/h3-5,11,13,16-17H,6-10,12H2,1-2H3,(H2,22,23,24). The van der Waals surface area contributed by atoms with Crippen molar-refractivity contribution >= 4 is 17.6 Å². The van der Waals surface area contributed by atoms with Gasteiger partial charge in [-0.25, -0.2) is 0 Å². The third kappa shape index (κ3) is 4.64. The summed E-state index contributed by atoms with van der Waals surface area (Å²) in [6, 6.07) is 9.34. The average Bonchev–Trinajstić information content (AvgIpc) is 3.30. The second kappa shape index (κ2) is 8.49. The van der Waals surface area contributed by atoms with Gasteiger partial charge in [0.25, 0.3) is 0 Å². The molecule has 2 heterocycles. The van der Waals surface area contributed by atoms with Crippen molar-refractivity contribution in [2.75, 3.05) is 20.1 Å². The van der Waals surface area contributed by atoms with Crippen LogP contribution in [-0.4, -0.2) is 59.3 Å². The normalized spacial score (nSPS) is 23.2. The number of aliphatic imine (C=N–C) groups is 1. The number of halogens is 1.